The highest BCUT2D eigenvalue weighted by atomic mass is 16.4. The fourth-order valence-electron chi connectivity index (χ4n) is 0.931. The van der Waals surface area contributed by atoms with Gasteiger partial charge in [-0.2, -0.15) is 0 Å². The van der Waals surface area contributed by atoms with Gasteiger partial charge in [-0.3, -0.25) is 0 Å². The van der Waals surface area contributed by atoms with Crippen LogP contribution in [0.1, 0.15) is 19.8 Å². The molecule has 0 bridgehead atoms. The maximum Gasteiger partial charge on any atom is 0.317 e. The van der Waals surface area contributed by atoms with Crippen molar-refractivity contribution < 1.29 is 10.0 Å². The lowest BCUT2D eigenvalue weighted by atomic mass is 10.1. The highest BCUT2D eigenvalue weighted by Crippen LogP contribution is 1.97. The van der Waals surface area contributed by atoms with Crippen LogP contribution in [0.3, 0.4) is 0 Å². The first-order valence-electron chi connectivity index (χ1n) is 4.48. The Labute approximate surface area is 83.7 Å². The quantitative estimate of drug-likeness (QED) is 0.263. The van der Waals surface area contributed by atoms with Crippen molar-refractivity contribution in [2.45, 2.75) is 25.8 Å². The number of oxime groups is 1. The van der Waals surface area contributed by atoms with E-state index in [4.69, 9.17) is 10.9 Å². The van der Waals surface area contributed by atoms with Crippen LogP contribution >= 0.6 is 0 Å². The fraction of sp³-hybridized carbons (Fsp3) is 0.750. The Kier molecular flexibility index (Phi) is 5.43. The van der Waals surface area contributed by atoms with Crippen LogP contribution in [0.5, 0.6) is 0 Å². The molecule has 1 unspecified atom stereocenters. The van der Waals surface area contributed by atoms with Crippen molar-refractivity contribution in [1.29, 1.82) is 0 Å². The standard InChI is InChI=1S/C8H18N4O2/c1-4-5-6(7(9)11-14)10-8(13)12(2)3/h6,14H,4-5H2,1-3H3,(H2,9,11)(H,10,13). The summed E-state index contributed by atoms with van der Waals surface area (Å²) < 4.78 is 0. The summed E-state index contributed by atoms with van der Waals surface area (Å²) in [5.41, 5.74) is 5.42. The molecule has 0 saturated heterocycles. The van der Waals surface area contributed by atoms with E-state index in [0.717, 1.165) is 6.42 Å². The molecule has 0 aromatic carbocycles. The minimum atomic E-state index is -0.403. The molecule has 0 radical (unpaired) electrons. The molecule has 0 aliphatic heterocycles. The van der Waals surface area contributed by atoms with E-state index < -0.39 is 6.04 Å². The van der Waals surface area contributed by atoms with Crippen LogP contribution in [0.15, 0.2) is 5.16 Å². The molecular weight excluding hydrogens is 184 g/mol. The van der Waals surface area contributed by atoms with E-state index in [9.17, 15) is 4.79 Å². The van der Waals surface area contributed by atoms with Crippen molar-refractivity contribution in [3.05, 3.63) is 0 Å². The van der Waals surface area contributed by atoms with Crippen LogP contribution in [0, 0.1) is 0 Å². The molecule has 4 N–H and O–H groups in total. The van der Waals surface area contributed by atoms with Gasteiger partial charge in [0, 0.05) is 14.1 Å². The first kappa shape index (κ1) is 12.5. The molecule has 2 amide bonds. The Hall–Kier alpha value is -1.46. The summed E-state index contributed by atoms with van der Waals surface area (Å²) in [7, 11) is 3.26. The highest BCUT2D eigenvalue weighted by Gasteiger charge is 2.16. The number of amides is 2. The maximum absolute atomic E-state index is 11.3. The largest absolute Gasteiger partial charge is 0.409 e. The van der Waals surface area contributed by atoms with Crippen molar-refractivity contribution in [2.24, 2.45) is 10.9 Å². The molecule has 0 spiro atoms. The third kappa shape index (κ3) is 3.97. The van der Waals surface area contributed by atoms with Crippen molar-refractivity contribution in [3.8, 4) is 0 Å². The molecule has 0 aromatic heterocycles. The summed E-state index contributed by atoms with van der Waals surface area (Å²) in [6, 6.07) is -0.657. The Balaban J connectivity index is 4.30. The van der Waals surface area contributed by atoms with Crippen molar-refractivity contribution >= 4 is 11.9 Å². The molecule has 1 atom stereocenters. The van der Waals surface area contributed by atoms with Gasteiger partial charge in [0.15, 0.2) is 5.84 Å². The number of rotatable bonds is 4. The first-order valence-corrected chi connectivity index (χ1v) is 4.48. The van der Waals surface area contributed by atoms with Gasteiger partial charge in [-0.25, -0.2) is 4.79 Å². The van der Waals surface area contributed by atoms with Crippen molar-refractivity contribution in [1.82, 2.24) is 10.2 Å². The second-order valence-electron chi connectivity index (χ2n) is 3.21. The van der Waals surface area contributed by atoms with Crippen LogP contribution in [0.25, 0.3) is 0 Å². The molecule has 0 aromatic rings. The number of nitrogens with zero attached hydrogens (tertiary/aromatic N) is 2. The number of urea groups is 1. The van der Waals surface area contributed by atoms with Crippen LogP contribution < -0.4 is 11.1 Å². The van der Waals surface area contributed by atoms with Crippen LogP contribution in [0.2, 0.25) is 0 Å². The molecule has 0 fully saturated rings. The fourth-order valence-corrected chi connectivity index (χ4v) is 0.931. The molecule has 82 valence electrons. The number of carbonyl (C=O) groups is 1. The van der Waals surface area contributed by atoms with Gasteiger partial charge in [0.05, 0.1) is 6.04 Å². The summed E-state index contributed by atoms with van der Waals surface area (Å²) in [5.74, 6) is 0.0297. The third-order valence-corrected chi connectivity index (χ3v) is 1.75. The summed E-state index contributed by atoms with van der Waals surface area (Å²) in [4.78, 5) is 12.7. The smallest absolute Gasteiger partial charge is 0.317 e. The summed E-state index contributed by atoms with van der Waals surface area (Å²) in [6.07, 6.45) is 1.49. The van der Waals surface area contributed by atoms with Gasteiger partial charge < -0.3 is 21.2 Å². The number of nitrogens with one attached hydrogen (secondary N) is 1. The lowest BCUT2D eigenvalue weighted by Gasteiger charge is -2.19. The van der Waals surface area contributed by atoms with Crippen molar-refractivity contribution in [3.63, 3.8) is 0 Å². The minimum absolute atomic E-state index is 0.0297. The second kappa shape index (κ2) is 6.06. The molecular formula is C8H18N4O2. The lowest BCUT2D eigenvalue weighted by molar-refractivity contribution is 0.215. The number of hydrogen-bond donors (Lipinski definition) is 3. The van der Waals surface area contributed by atoms with E-state index in [0.29, 0.717) is 6.42 Å². The normalized spacial score (nSPS) is 13.5. The summed E-state index contributed by atoms with van der Waals surface area (Å²) in [5, 5.41) is 14.0. The van der Waals surface area contributed by atoms with E-state index >= 15 is 0 Å². The molecule has 0 saturated carbocycles. The highest BCUT2D eigenvalue weighted by molar-refractivity contribution is 5.89. The zero-order chi connectivity index (χ0) is 11.1. The van der Waals surface area contributed by atoms with E-state index in [1.54, 1.807) is 14.1 Å². The zero-order valence-electron chi connectivity index (χ0n) is 8.82. The average molecular weight is 202 g/mol. The van der Waals surface area contributed by atoms with Crippen LogP contribution in [0.4, 0.5) is 4.79 Å². The first-order chi connectivity index (χ1) is 6.52. The molecule has 0 heterocycles. The van der Waals surface area contributed by atoms with E-state index in [1.807, 2.05) is 6.92 Å². The number of amidine groups is 1. The Morgan fingerprint density at radius 1 is 1.64 bits per heavy atom. The number of carbonyl (C=O) groups excluding carboxylic acids is 1. The third-order valence-electron chi connectivity index (χ3n) is 1.75. The molecule has 0 aliphatic carbocycles. The van der Waals surface area contributed by atoms with Crippen molar-refractivity contribution in [2.75, 3.05) is 14.1 Å². The number of hydrogen-bond acceptors (Lipinski definition) is 3. The predicted octanol–water partition coefficient (Wildman–Crippen LogP) is 0.173. The number of nitrogens with two attached hydrogens (primary N) is 1. The van der Waals surface area contributed by atoms with Gasteiger partial charge in [-0.15, -0.1) is 0 Å². The monoisotopic (exact) mass is 202 g/mol. The van der Waals surface area contributed by atoms with E-state index in [2.05, 4.69) is 10.5 Å². The lowest BCUT2D eigenvalue weighted by Crippen LogP contribution is -2.48. The van der Waals surface area contributed by atoms with Crippen LogP contribution in [-0.2, 0) is 0 Å². The average Bonchev–Trinajstić information content (AvgIpc) is 2.15. The van der Waals surface area contributed by atoms with Gasteiger partial charge >= 0.3 is 6.03 Å². The molecule has 14 heavy (non-hydrogen) atoms. The van der Waals surface area contributed by atoms with Gasteiger partial charge in [0.25, 0.3) is 0 Å². The Morgan fingerprint density at radius 3 is 2.57 bits per heavy atom. The zero-order valence-corrected chi connectivity index (χ0v) is 8.82. The van der Waals surface area contributed by atoms with Gasteiger partial charge in [0.1, 0.15) is 0 Å². The van der Waals surface area contributed by atoms with Gasteiger partial charge in [-0.1, -0.05) is 18.5 Å². The maximum atomic E-state index is 11.3. The predicted molar refractivity (Wildman–Crippen MR) is 54.3 cm³/mol. The Morgan fingerprint density at radius 2 is 2.21 bits per heavy atom. The minimum Gasteiger partial charge on any atom is -0.409 e. The van der Waals surface area contributed by atoms with E-state index in [-0.39, 0.29) is 11.9 Å². The van der Waals surface area contributed by atoms with Crippen LogP contribution in [-0.4, -0.2) is 42.1 Å². The van der Waals surface area contributed by atoms with E-state index in [1.165, 1.54) is 4.90 Å². The summed E-state index contributed by atoms with van der Waals surface area (Å²) in [6.45, 7) is 1.96. The van der Waals surface area contributed by atoms with Gasteiger partial charge in [-0.05, 0) is 6.42 Å². The topological polar surface area (TPSA) is 91.0 Å². The molecule has 6 nitrogen and oxygen atoms in total. The molecule has 0 rings (SSSR count). The molecule has 6 heteroatoms. The summed E-state index contributed by atoms with van der Waals surface area (Å²) >= 11 is 0. The SMILES string of the molecule is CCCC(NC(=O)N(C)C)C(N)=NO. The second-order valence-corrected chi connectivity index (χ2v) is 3.21. The van der Waals surface area contributed by atoms with Gasteiger partial charge in [0.2, 0.25) is 0 Å². The Bertz CT molecular complexity index is 215. The molecule has 0 aliphatic rings.